The molecule has 0 saturated carbocycles. The molecule has 30 heavy (non-hydrogen) atoms. The molecule has 3 rings (SSSR count). The molecule has 0 bridgehead atoms. The summed E-state index contributed by atoms with van der Waals surface area (Å²) in [6.45, 7) is 0.579. The maximum atomic E-state index is 13.0. The first kappa shape index (κ1) is 21.8. The molecular weight excluding hydrogens is 412 g/mol. The van der Waals surface area contributed by atoms with Crippen molar-refractivity contribution in [3.63, 3.8) is 0 Å². The molecular formula is C20H22N2O7S. The molecule has 0 aliphatic carbocycles. The zero-order valence-corrected chi connectivity index (χ0v) is 17.2. The highest BCUT2D eigenvalue weighted by Gasteiger charge is 2.29. The van der Waals surface area contributed by atoms with Gasteiger partial charge >= 0.3 is 5.97 Å². The summed E-state index contributed by atoms with van der Waals surface area (Å²) >= 11 is 0. The molecule has 160 valence electrons. The molecule has 1 saturated heterocycles. The first-order valence-corrected chi connectivity index (χ1v) is 10.6. The van der Waals surface area contributed by atoms with Crippen LogP contribution in [-0.2, 0) is 24.3 Å². The minimum atomic E-state index is -3.83. The summed E-state index contributed by atoms with van der Waals surface area (Å²) in [6, 6.07) is 12.6. The predicted molar refractivity (Wildman–Crippen MR) is 108 cm³/mol. The van der Waals surface area contributed by atoms with Gasteiger partial charge in [0.2, 0.25) is 10.0 Å². The van der Waals surface area contributed by atoms with E-state index >= 15 is 0 Å². The van der Waals surface area contributed by atoms with Crippen molar-refractivity contribution in [1.29, 1.82) is 0 Å². The Balaban J connectivity index is 1.70. The Morgan fingerprint density at radius 3 is 2.47 bits per heavy atom. The second kappa shape index (κ2) is 9.70. The zero-order chi connectivity index (χ0) is 21.6. The molecule has 0 spiro atoms. The Morgan fingerprint density at radius 1 is 1.10 bits per heavy atom. The number of nitrogens with one attached hydrogen (secondary N) is 1. The Hall–Kier alpha value is -2.95. The number of hydrogen-bond acceptors (Lipinski definition) is 7. The van der Waals surface area contributed by atoms with Gasteiger partial charge in [-0.2, -0.15) is 4.31 Å². The summed E-state index contributed by atoms with van der Waals surface area (Å²) in [4.78, 5) is 24.0. The number of amides is 1. The van der Waals surface area contributed by atoms with Crippen molar-refractivity contribution in [3.05, 3.63) is 54.1 Å². The van der Waals surface area contributed by atoms with Gasteiger partial charge in [0, 0.05) is 18.8 Å². The summed E-state index contributed by atoms with van der Waals surface area (Å²) in [7, 11) is -2.46. The van der Waals surface area contributed by atoms with Crippen molar-refractivity contribution >= 4 is 27.6 Å². The molecule has 0 unspecified atom stereocenters. The van der Waals surface area contributed by atoms with Crippen LogP contribution in [0.3, 0.4) is 0 Å². The molecule has 1 aliphatic rings. The van der Waals surface area contributed by atoms with Crippen LogP contribution in [-0.4, -0.2) is 64.6 Å². The Morgan fingerprint density at radius 2 is 1.80 bits per heavy atom. The number of carbonyl (C=O) groups is 2. The molecule has 1 aliphatic heterocycles. The van der Waals surface area contributed by atoms with Gasteiger partial charge in [-0.15, -0.1) is 0 Å². The van der Waals surface area contributed by atoms with Crippen molar-refractivity contribution in [2.75, 3.05) is 45.3 Å². The third-order valence-electron chi connectivity index (χ3n) is 4.38. The van der Waals surface area contributed by atoms with Crippen LogP contribution in [0.5, 0.6) is 5.75 Å². The monoisotopic (exact) mass is 434 g/mol. The summed E-state index contributed by atoms with van der Waals surface area (Å²) < 4.78 is 42.7. The standard InChI is InChI=1S/C20H22N2O7S/c1-27-17-8-7-16(13-18(17)30(25,26)22-9-11-28-12-10-22)21-19(23)14-29-20(24)15-5-3-2-4-6-15/h2-8,13H,9-12,14H2,1H3,(H,21,23). The van der Waals surface area contributed by atoms with Crippen molar-refractivity contribution < 1.29 is 32.2 Å². The van der Waals surface area contributed by atoms with Gasteiger partial charge in [0.25, 0.3) is 5.91 Å². The Kier molecular flexibility index (Phi) is 7.03. The largest absolute Gasteiger partial charge is 0.495 e. The number of methoxy groups -OCH3 is 1. The van der Waals surface area contributed by atoms with Gasteiger partial charge in [-0.25, -0.2) is 13.2 Å². The van der Waals surface area contributed by atoms with Crippen LogP contribution >= 0.6 is 0 Å². The molecule has 2 aromatic rings. The van der Waals surface area contributed by atoms with E-state index in [1.807, 2.05) is 0 Å². The molecule has 2 aromatic carbocycles. The molecule has 1 N–H and O–H groups in total. The van der Waals surface area contributed by atoms with Crippen molar-refractivity contribution in [2.24, 2.45) is 0 Å². The van der Waals surface area contributed by atoms with Gasteiger partial charge in [0.15, 0.2) is 6.61 Å². The molecule has 0 atom stereocenters. The van der Waals surface area contributed by atoms with Gasteiger partial charge in [0.05, 0.1) is 25.9 Å². The lowest BCUT2D eigenvalue weighted by atomic mass is 10.2. The van der Waals surface area contributed by atoms with E-state index < -0.39 is 28.5 Å². The van der Waals surface area contributed by atoms with Crippen LogP contribution in [0.25, 0.3) is 0 Å². The van der Waals surface area contributed by atoms with Crippen LogP contribution in [0.15, 0.2) is 53.4 Å². The second-order valence-electron chi connectivity index (χ2n) is 6.37. The van der Waals surface area contributed by atoms with Gasteiger partial charge in [-0.1, -0.05) is 18.2 Å². The van der Waals surface area contributed by atoms with Gasteiger partial charge < -0.3 is 19.5 Å². The molecule has 1 fully saturated rings. The number of sulfonamides is 1. The zero-order valence-electron chi connectivity index (χ0n) is 16.4. The van der Waals surface area contributed by atoms with E-state index in [2.05, 4.69) is 5.32 Å². The summed E-state index contributed by atoms with van der Waals surface area (Å²) in [5.41, 5.74) is 0.567. The van der Waals surface area contributed by atoms with Crippen LogP contribution in [0.4, 0.5) is 5.69 Å². The average Bonchev–Trinajstić information content (AvgIpc) is 2.78. The number of hydrogen-bond donors (Lipinski definition) is 1. The molecule has 0 aromatic heterocycles. The van der Waals surface area contributed by atoms with Gasteiger partial charge in [-0.05, 0) is 30.3 Å². The highest BCUT2D eigenvalue weighted by molar-refractivity contribution is 7.89. The number of esters is 1. The van der Waals surface area contributed by atoms with Crippen LogP contribution in [0.2, 0.25) is 0 Å². The predicted octanol–water partition coefficient (Wildman–Crippen LogP) is 1.51. The Labute approximate surface area is 174 Å². The fraction of sp³-hybridized carbons (Fsp3) is 0.300. The lowest BCUT2D eigenvalue weighted by molar-refractivity contribution is -0.119. The normalized spacial score (nSPS) is 14.7. The summed E-state index contributed by atoms with van der Waals surface area (Å²) in [5.74, 6) is -1.06. The van der Waals surface area contributed by atoms with E-state index in [0.29, 0.717) is 18.8 Å². The lowest BCUT2D eigenvalue weighted by Gasteiger charge is -2.26. The minimum Gasteiger partial charge on any atom is -0.495 e. The first-order chi connectivity index (χ1) is 14.4. The number of benzene rings is 2. The average molecular weight is 434 g/mol. The maximum absolute atomic E-state index is 13.0. The number of carbonyl (C=O) groups excluding carboxylic acids is 2. The first-order valence-electron chi connectivity index (χ1n) is 9.20. The number of ether oxygens (including phenoxy) is 3. The highest BCUT2D eigenvalue weighted by Crippen LogP contribution is 2.30. The van der Waals surface area contributed by atoms with E-state index in [4.69, 9.17) is 14.2 Å². The van der Waals surface area contributed by atoms with E-state index in [1.54, 1.807) is 30.3 Å². The smallest absolute Gasteiger partial charge is 0.338 e. The molecule has 9 nitrogen and oxygen atoms in total. The minimum absolute atomic E-state index is 0.0639. The van der Waals surface area contributed by atoms with Gasteiger partial charge in [0.1, 0.15) is 10.6 Å². The summed E-state index contributed by atoms with van der Waals surface area (Å²) in [6.07, 6.45) is 0. The molecule has 1 amide bonds. The number of anilines is 1. The molecule has 1 heterocycles. The Bertz CT molecular complexity index is 1000. The third kappa shape index (κ3) is 5.15. The fourth-order valence-electron chi connectivity index (χ4n) is 2.87. The van der Waals surface area contributed by atoms with E-state index in [-0.39, 0.29) is 29.4 Å². The van der Waals surface area contributed by atoms with Crippen molar-refractivity contribution in [3.8, 4) is 5.75 Å². The number of nitrogens with zero attached hydrogens (tertiary/aromatic N) is 1. The van der Waals surface area contributed by atoms with Crippen molar-refractivity contribution in [1.82, 2.24) is 4.31 Å². The van der Waals surface area contributed by atoms with E-state index in [1.165, 1.54) is 29.6 Å². The maximum Gasteiger partial charge on any atom is 0.338 e. The van der Waals surface area contributed by atoms with Crippen LogP contribution < -0.4 is 10.1 Å². The molecule has 10 heteroatoms. The third-order valence-corrected chi connectivity index (χ3v) is 6.30. The second-order valence-corrected chi connectivity index (χ2v) is 8.28. The van der Waals surface area contributed by atoms with Crippen molar-refractivity contribution in [2.45, 2.75) is 4.90 Å². The highest BCUT2D eigenvalue weighted by atomic mass is 32.2. The summed E-state index contributed by atoms with van der Waals surface area (Å²) in [5, 5.41) is 2.54. The number of rotatable bonds is 7. The fourth-order valence-corrected chi connectivity index (χ4v) is 4.46. The topological polar surface area (TPSA) is 111 Å². The van der Waals surface area contributed by atoms with E-state index in [0.717, 1.165) is 0 Å². The quantitative estimate of drug-likeness (QED) is 0.658. The van der Waals surface area contributed by atoms with E-state index in [9.17, 15) is 18.0 Å². The van der Waals surface area contributed by atoms with Crippen LogP contribution in [0.1, 0.15) is 10.4 Å². The molecule has 0 radical (unpaired) electrons. The van der Waals surface area contributed by atoms with Gasteiger partial charge in [-0.3, -0.25) is 4.79 Å². The number of morpholine rings is 1. The van der Waals surface area contributed by atoms with Crippen LogP contribution in [0, 0.1) is 0 Å². The SMILES string of the molecule is COc1ccc(NC(=O)COC(=O)c2ccccc2)cc1S(=O)(=O)N1CCOCC1. The lowest BCUT2D eigenvalue weighted by Crippen LogP contribution is -2.40.